The van der Waals surface area contributed by atoms with Gasteiger partial charge in [-0.2, -0.15) is 0 Å². The molecule has 2 aromatic heterocycles. The van der Waals surface area contributed by atoms with Crippen LogP contribution in [0.2, 0.25) is 0 Å². The summed E-state index contributed by atoms with van der Waals surface area (Å²) in [5.41, 5.74) is 7.74. The molecule has 0 radical (unpaired) electrons. The Morgan fingerprint density at radius 1 is 1.45 bits per heavy atom. The van der Waals surface area contributed by atoms with E-state index in [0.717, 1.165) is 20.3 Å². The first-order chi connectivity index (χ1) is 9.45. The van der Waals surface area contributed by atoms with Crippen LogP contribution in [0, 0.1) is 6.92 Å². The van der Waals surface area contributed by atoms with Crippen molar-refractivity contribution < 1.29 is 9.53 Å². The van der Waals surface area contributed by atoms with E-state index >= 15 is 0 Å². The second-order valence-electron chi connectivity index (χ2n) is 4.71. The van der Waals surface area contributed by atoms with Crippen molar-refractivity contribution in [3.05, 3.63) is 21.6 Å². The average molecular weight is 310 g/mol. The van der Waals surface area contributed by atoms with Crippen LogP contribution in [0.3, 0.4) is 0 Å². The number of carbonyl (C=O) groups excluding carboxylic acids is 1. The van der Waals surface area contributed by atoms with Gasteiger partial charge >= 0.3 is 5.97 Å². The van der Waals surface area contributed by atoms with E-state index in [1.807, 2.05) is 13.1 Å². The molecule has 2 aromatic rings. The summed E-state index contributed by atoms with van der Waals surface area (Å²) in [6, 6.07) is 0. The van der Waals surface area contributed by atoms with Gasteiger partial charge in [-0.15, -0.1) is 22.7 Å². The molecule has 20 heavy (non-hydrogen) atoms. The quantitative estimate of drug-likeness (QED) is 0.865. The summed E-state index contributed by atoms with van der Waals surface area (Å²) in [4.78, 5) is 18.9. The monoisotopic (exact) mass is 310 g/mol. The van der Waals surface area contributed by atoms with Crippen LogP contribution < -0.4 is 5.73 Å². The van der Waals surface area contributed by atoms with Gasteiger partial charge in [-0.3, -0.25) is 0 Å². The summed E-state index contributed by atoms with van der Waals surface area (Å²) < 4.78 is 5.08. The molecule has 0 bridgehead atoms. The van der Waals surface area contributed by atoms with Gasteiger partial charge in [0.15, 0.2) is 0 Å². The minimum Gasteiger partial charge on any atom is -0.462 e. The minimum atomic E-state index is -0.343. The summed E-state index contributed by atoms with van der Waals surface area (Å²) in [5.74, 6) is -0.101. The third-order valence-electron chi connectivity index (χ3n) is 2.87. The van der Waals surface area contributed by atoms with Gasteiger partial charge in [0, 0.05) is 6.20 Å². The van der Waals surface area contributed by atoms with Crippen molar-refractivity contribution in [3.8, 4) is 9.75 Å². The Bertz CT molecular complexity index is 629. The van der Waals surface area contributed by atoms with Crippen LogP contribution in [-0.2, 0) is 4.74 Å². The van der Waals surface area contributed by atoms with Gasteiger partial charge in [0.05, 0.1) is 27.1 Å². The molecule has 0 aliphatic rings. The summed E-state index contributed by atoms with van der Waals surface area (Å²) in [5, 5.41) is 0.999. The van der Waals surface area contributed by atoms with E-state index in [2.05, 4.69) is 18.8 Å². The van der Waals surface area contributed by atoms with E-state index in [9.17, 15) is 4.79 Å². The molecule has 0 aliphatic heterocycles. The predicted octanol–water partition coefficient (Wildman–Crippen LogP) is 4.06. The Kier molecular flexibility index (Phi) is 4.45. The molecule has 2 rings (SSSR count). The van der Waals surface area contributed by atoms with E-state index in [-0.39, 0.29) is 11.9 Å². The van der Waals surface area contributed by atoms with Gasteiger partial charge in [-0.1, -0.05) is 13.8 Å². The molecular weight excluding hydrogens is 292 g/mol. The second kappa shape index (κ2) is 5.93. The fraction of sp³-hybridized carbons (Fsp3) is 0.429. The number of thiazole rings is 1. The van der Waals surface area contributed by atoms with Crippen LogP contribution >= 0.6 is 22.7 Å². The van der Waals surface area contributed by atoms with E-state index < -0.39 is 0 Å². The predicted molar refractivity (Wildman–Crippen MR) is 84.6 cm³/mol. The lowest BCUT2D eigenvalue weighted by molar-refractivity contribution is 0.0533. The molecule has 6 heteroatoms. The largest absolute Gasteiger partial charge is 0.462 e. The van der Waals surface area contributed by atoms with Crippen molar-refractivity contribution >= 4 is 34.3 Å². The normalized spacial score (nSPS) is 11.1. The Morgan fingerprint density at radius 3 is 2.65 bits per heavy atom. The number of rotatable bonds is 4. The van der Waals surface area contributed by atoms with Gasteiger partial charge < -0.3 is 10.5 Å². The van der Waals surface area contributed by atoms with Crippen molar-refractivity contribution in [2.45, 2.75) is 33.6 Å². The molecule has 0 aromatic carbocycles. The number of aryl methyl sites for hydroxylation is 1. The number of esters is 1. The third-order valence-corrected chi connectivity index (χ3v) is 5.16. The molecule has 0 unspecified atom stereocenters. The highest BCUT2D eigenvalue weighted by Gasteiger charge is 2.25. The number of carbonyl (C=O) groups is 1. The molecule has 0 spiro atoms. The number of hydrogen-bond donors (Lipinski definition) is 1. The fourth-order valence-corrected chi connectivity index (χ4v) is 4.18. The zero-order valence-electron chi connectivity index (χ0n) is 12.0. The van der Waals surface area contributed by atoms with Gasteiger partial charge in [0.1, 0.15) is 4.88 Å². The van der Waals surface area contributed by atoms with Crippen LogP contribution in [0.25, 0.3) is 9.75 Å². The molecule has 2 heterocycles. The first-order valence-electron chi connectivity index (χ1n) is 6.47. The minimum absolute atomic E-state index is 0.242. The number of nitrogens with zero attached hydrogens (tertiary/aromatic N) is 1. The maximum absolute atomic E-state index is 12.0. The van der Waals surface area contributed by atoms with Crippen LogP contribution in [-0.4, -0.2) is 17.6 Å². The topological polar surface area (TPSA) is 65.2 Å². The zero-order chi connectivity index (χ0) is 14.9. The van der Waals surface area contributed by atoms with E-state index in [1.54, 1.807) is 18.3 Å². The van der Waals surface area contributed by atoms with Crippen molar-refractivity contribution in [2.24, 2.45) is 0 Å². The molecule has 0 saturated carbocycles. The first kappa shape index (κ1) is 15.0. The average Bonchev–Trinajstić information content (AvgIpc) is 2.93. The maximum Gasteiger partial charge on any atom is 0.350 e. The lowest BCUT2D eigenvalue weighted by Gasteiger charge is -2.07. The Morgan fingerprint density at radius 2 is 2.15 bits per heavy atom. The third kappa shape index (κ3) is 2.71. The molecule has 0 amide bonds. The SMILES string of the molecule is CCOC(=O)c1sc(-c2cnc(C)s2)c(C(C)C)c1N. The number of nitrogen functional groups attached to an aromatic ring is 1. The fourth-order valence-electron chi connectivity index (χ4n) is 2.03. The molecule has 108 valence electrons. The summed E-state index contributed by atoms with van der Waals surface area (Å²) in [6.45, 7) is 8.25. The number of aromatic nitrogens is 1. The highest BCUT2D eigenvalue weighted by molar-refractivity contribution is 7.23. The van der Waals surface area contributed by atoms with Crippen LogP contribution in [0.15, 0.2) is 6.20 Å². The van der Waals surface area contributed by atoms with E-state index in [1.165, 1.54) is 11.3 Å². The first-order valence-corrected chi connectivity index (χ1v) is 8.11. The van der Waals surface area contributed by atoms with Crippen molar-refractivity contribution in [1.82, 2.24) is 4.98 Å². The van der Waals surface area contributed by atoms with Crippen molar-refractivity contribution in [3.63, 3.8) is 0 Å². The Hall–Kier alpha value is -1.40. The summed E-state index contributed by atoms with van der Waals surface area (Å²) in [6.07, 6.45) is 1.84. The van der Waals surface area contributed by atoms with Crippen molar-refractivity contribution in [2.75, 3.05) is 12.3 Å². The van der Waals surface area contributed by atoms with E-state index in [4.69, 9.17) is 10.5 Å². The lowest BCUT2D eigenvalue weighted by atomic mass is 10.0. The molecular formula is C14H18N2O2S2. The van der Waals surface area contributed by atoms with Gasteiger partial charge in [-0.25, -0.2) is 9.78 Å². The van der Waals surface area contributed by atoms with Gasteiger partial charge in [0.25, 0.3) is 0 Å². The Balaban J connectivity index is 2.56. The lowest BCUT2D eigenvalue weighted by Crippen LogP contribution is -2.06. The van der Waals surface area contributed by atoms with Crippen LogP contribution in [0.4, 0.5) is 5.69 Å². The highest BCUT2D eigenvalue weighted by Crippen LogP contribution is 2.44. The Labute approximate surface area is 126 Å². The van der Waals surface area contributed by atoms with Crippen LogP contribution in [0.5, 0.6) is 0 Å². The number of nitrogens with two attached hydrogens (primary N) is 1. The highest BCUT2D eigenvalue weighted by atomic mass is 32.1. The standard InChI is InChI=1S/C14H18N2O2S2/c1-5-18-14(17)13-11(15)10(7(2)3)12(20-13)9-6-16-8(4)19-9/h6-7H,5,15H2,1-4H3. The van der Waals surface area contributed by atoms with Crippen LogP contribution in [0.1, 0.15) is 46.9 Å². The zero-order valence-corrected chi connectivity index (χ0v) is 13.7. The molecule has 0 atom stereocenters. The smallest absolute Gasteiger partial charge is 0.350 e. The number of thiophene rings is 1. The van der Waals surface area contributed by atoms with Gasteiger partial charge in [0.2, 0.25) is 0 Å². The summed E-state index contributed by atoms with van der Waals surface area (Å²) in [7, 11) is 0. The molecule has 0 aliphatic carbocycles. The second-order valence-corrected chi connectivity index (χ2v) is 6.96. The summed E-state index contributed by atoms with van der Waals surface area (Å²) >= 11 is 3.01. The molecule has 0 saturated heterocycles. The molecule has 4 nitrogen and oxygen atoms in total. The molecule has 2 N–H and O–H groups in total. The number of hydrogen-bond acceptors (Lipinski definition) is 6. The van der Waals surface area contributed by atoms with E-state index in [0.29, 0.717) is 17.2 Å². The van der Waals surface area contributed by atoms with Crippen molar-refractivity contribution in [1.29, 1.82) is 0 Å². The number of ether oxygens (including phenoxy) is 1. The van der Waals surface area contributed by atoms with Gasteiger partial charge in [-0.05, 0) is 25.3 Å². The molecule has 0 fully saturated rings. The maximum atomic E-state index is 12.0. The number of anilines is 1.